The van der Waals surface area contributed by atoms with Crippen LogP contribution in [0.1, 0.15) is 46.0 Å². The second-order valence-corrected chi connectivity index (χ2v) is 4.62. The quantitative estimate of drug-likeness (QED) is 0.694. The topological polar surface area (TPSA) is 55.1 Å². The standard InChI is InChI=1S/C12H22N2O/c1-3-9-12(2,13)11(15)14-10-7-5-4-6-8-10/h4-5,10H,3,6-9,13H2,1-2H3,(H,14,15). The number of allylic oxidation sites excluding steroid dienone is 1. The molecule has 0 aromatic rings. The molecule has 1 amide bonds. The van der Waals surface area contributed by atoms with Gasteiger partial charge in [-0.15, -0.1) is 0 Å². The first-order valence-electron chi connectivity index (χ1n) is 5.81. The van der Waals surface area contributed by atoms with Gasteiger partial charge in [-0.3, -0.25) is 4.79 Å². The van der Waals surface area contributed by atoms with Crippen LogP contribution in [-0.2, 0) is 4.79 Å². The molecule has 0 saturated heterocycles. The zero-order valence-electron chi connectivity index (χ0n) is 9.75. The maximum absolute atomic E-state index is 11.9. The summed E-state index contributed by atoms with van der Waals surface area (Å²) in [7, 11) is 0. The number of nitrogens with two attached hydrogens (primary N) is 1. The maximum Gasteiger partial charge on any atom is 0.240 e. The van der Waals surface area contributed by atoms with Gasteiger partial charge in [0.1, 0.15) is 0 Å². The Bertz CT molecular complexity index is 246. The molecular formula is C12H22N2O. The molecule has 0 heterocycles. The highest BCUT2D eigenvalue weighted by atomic mass is 16.2. The first kappa shape index (κ1) is 12.2. The first-order chi connectivity index (χ1) is 7.06. The van der Waals surface area contributed by atoms with Crippen LogP contribution in [0.25, 0.3) is 0 Å². The molecule has 3 nitrogen and oxygen atoms in total. The van der Waals surface area contributed by atoms with E-state index in [4.69, 9.17) is 5.73 Å². The van der Waals surface area contributed by atoms with E-state index in [2.05, 4.69) is 17.5 Å². The number of carbonyl (C=O) groups excluding carboxylic acids is 1. The Labute approximate surface area is 92.1 Å². The highest BCUT2D eigenvalue weighted by Crippen LogP contribution is 2.13. The summed E-state index contributed by atoms with van der Waals surface area (Å²) in [5.74, 6) is -0.00958. The predicted molar refractivity (Wildman–Crippen MR) is 62.4 cm³/mol. The van der Waals surface area contributed by atoms with Crippen molar-refractivity contribution in [1.82, 2.24) is 5.32 Å². The smallest absolute Gasteiger partial charge is 0.240 e. The van der Waals surface area contributed by atoms with Crippen molar-refractivity contribution in [2.45, 2.75) is 57.5 Å². The van der Waals surface area contributed by atoms with Gasteiger partial charge in [0.05, 0.1) is 5.54 Å². The molecule has 15 heavy (non-hydrogen) atoms. The lowest BCUT2D eigenvalue weighted by Crippen LogP contribution is -2.54. The molecule has 86 valence electrons. The zero-order valence-corrected chi connectivity index (χ0v) is 9.75. The molecule has 3 heteroatoms. The van der Waals surface area contributed by atoms with Crippen LogP contribution in [0.15, 0.2) is 12.2 Å². The SMILES string of the molecule is CCCC(C)(N)C(=O)NC1CC=CCC1. The van der Waals surface area contributed by atoms with Gasteiger partial charge in [0.2, 0.25) is 5.91 Å². The fraction of sp³-hybridized carbons (Fsp3) is 0.750. The third kappa shape index (κ3) is 3.67. The first-order valence-corrected chi connectivity index (χ1v) is 5.81. The summed E-state index contributed by atoms with van der Waals surface area (Å²) in [6.45, 7) is 3.85. The van der Waals surface area contributed by atoms with Gasteiger partial charge < -0.3 is 11.1 Å². The van der Waals surface area contributed by atoms with Gasteiger partial charge in [0.15, 0.2) is 0 Å². The molecule has 2 atom stereocenters. The van der Waals surface area contributed by atoms with Gasteiger partial charge in [-0.05, 0) is 32.6 Å². The molecule has 0 radical (unpaired) electrons. The lowest BCUT2D eigenvalue weighted by Gasteiger charge is -2.27. The van der Waals surface area contributed by atoms with Crippen molar-refractivity contribution in [3.05, 3.63) is 12.2 Å². The van der Waals surface area contributed by atoms with E-state index in [0.717, 1.165) is 32.1 Å². The Morgan fingerprint density at radius 3 is 2.87 bits per heavy atom. The second kappa shape index (κ2) is 5.31. The summed E-state index contributed by atoms with van der Waals surface area (Å²) < 4.78 is 0. The van der Waals surface area contributed by atoms with E-state index in [1.54, 1.807) is 0 Å². The largest absolute Gasteiger partial charge is 0.351 e. The average molecular weight is 210 g/mol. The summed E-state index contributed by atoms with van der Waals surface area (Å²) in [5, 5.41) is 3.03. The lowest BCUT2D eigenvalue weighted by molar-refractivity contribution is -0.126. The number of rotatable bonds is 4. The van der Waals surface area contributed by atoms with Crippen LogP contribution in [0, 0.1) is 0 Å². The van der Waals surface area contributed by atoms with Crippen LogP contribution in [0.3, 0.4) is 0 Å². The van der Waals surface area contributed by atoms with E-state index >= 15 is 0 Å². The van der Waals surface area contributed by atoms with Crippen molar-refractivity contribution in [2.24, 2.45) is 5.73 Å². The summed E-state index contributed by atoms with van der Waals surface area (Å²) >= 11 is 0. The van der Waals surface area contributed by atoms with Crippen molar-refractivity contribution >= 4 is 5.91 Å². The fourth-order valence-electron chi connectivity index (χ4n) is 1.91. The minimum atomic E-state index is -0.712. The molecule has 0 fully saturated rings. The Morgan fingerprint density at radius 2 is 2.33 bits per heavy atom. The zero-order chi connectivity index (χ0) is 11.3. The van der Waals surface area contributed by atoms with E-state index in [1.807, 2.05) is 13.8 Å². The van der Waals surface area contributed by atoms with E-state index in [-0.39, 0.29) is 11.9 Å². The molecule has 1 aliphatic rings. The Hall–Kier alpha value is -0.830. The fourth-order valence-corrected chi connectivity index (χ4v) is 1.91. The van der Waals surface area contributed by atoms with Crippen LogP contribution in [0.4, 0.5) is 0 Å². The molecule has 0 bridgehead atoms. The van der Waals surface area contributed by atoms with Crippen molar-refractivity contribution < 1.29 is 4.79 Å². The Kier molecular flexibility index (Phi) is 4.33. The Balaban J connectivity index is 2.43. The van der Waals surface area contributed by atoms with Crippen LogP contribution in [-0.4, -0.2) is 17.5 Å². The van der Waals surface area contributed by atoms with Gasteiger partial charge in [-0.25, -0.2) is 0 Å². The molecular weight excluding hydrogens is 188 g/mol. The maximum atomic E-state index is 11.9. The van der Waals surface area contributed by atoms with Crippen molar-refractivity contribution in [3.63, 3.8) is 0 Å². The van der Waals surface area contributed by atoms with Crippen LogP contribution in [0.2, 0.25) is 0 Å². The van der Waals surface area contributed by atoms with E-state index in [1.165, 1.54) is 0 Å². The van der Waals surface area contributed by atoms with Crippen molar-refractivity contribution in [2.75, 3.05) is 0 Å². The number of amides is 1. The number of nitrogens with one attached hydrogen (secondary N) is 1. The van der Waals surface area contributed by atoms with Crippen LogP contribution < -0.4 is 11.1 Å². The summed E-state index contributed by atoms with van der Waals surface area (Å²) in [6.07, 6.45) is 8.99. The highest BCUT2D eigenvalue weighted by Gasteiger charge is 2.28. The average Bonchev–Trinajstić information content (AvgIpc) is 2.19. The third-order valence-electron chi connectivity index (χ3n) is 2.89. The summed E-state index contributed by atoms with van der Waals surface area (Å²) in [4.78, 5) is 11.9. The molecule has 0 aliphatic heterocycles. The van der Waals surface area contributed by atoms with Crippen molar-refractivity contribution in [1.29, 1.82) is 0 Å². The normalized spacial score (nSPS) is 24.6. The van der Waals surface area contributed by atoms with Crippen molar-refractivity contribution in [3.8, 4) is 0 Å². The molecule has 1 rings (SSSR count). The van der Waals surface area contributed by atoms with Gasteiger partial charge in [-0.2, -0.15) is 0 Å². The lowest BCUT2D eigenvalue weighted by atomic mass is 9.94. The Morgan fingerprint density at radius 1 is 1.60 bits per heavy atom. The molecule has 0 aromatic heterocycles. The molecule has 0 saturated carbocycles. The van der Waals surface area contributed by atoms with Crippen LogP contribution >= 0.6 is 0 Å². The molecule has 3 N–H and O–H groups in total. The summed E-state index contributed by atoms with van der Waals surface area (Å²) in [6, 6.07) is 0.280. The molecule has 0 aromatic carbocycles. The van der Waals surface area contributed by atoms with E-state index in [9.17, 15) is 4.79 Å². The monoisotopic (exact) mass is 210 g/mol. The predicted octanol–water partition coefficient (Wildman–Crippen LogP) is 1.73. The molecule has 2 unspecified atom stereocenters. The molecule has 1 aliphatic carbocycles. The summed E-state index contributed by atoms with van der Waals surface area (Å²) in [5.41, 5.74) is 5.25. The van der Waals surface area contributed by atoms with Gasteiger partial charge in [0.25, 0.3) is 0 Å². The van der Waals surface area contributed by atoms with Gasteiger partial charge in [0, 0.05) is 6.04 Å². The number of carbonyl (C=O) groups is 1. The highest BCUT2D eigenvalue weighted by molar-refractivity contribution is 5.85. The number of hydrogen-bond donors (Lipinski definition) is 2. The minimum Gasteiger partial charge on any atom is -0.351 e. The minimum absolute atomic E-state index is 0.00958. The molecule has 0 spiro atoms. The van der Waals surface area contributed by atoms with E-state index in [0.29, 0.717) is 0 Å². The van der Waals surface area contributed by atoms with Crippen LogP contribution in [0.5, 0.6) is 0 Å². The van der Waals surface area contributed by atoms with Gasteiger partial charge >= 0.3 is 0 Å². The second-order valence-electron chi connectivity index (χ2n) is 4.62. The van der Waals surface area contributed by atoms with Gasteiger partial charge in [-0.1, -0.05) is 25.5 Å². The number of hydrogen-bond acceptors (Lipinski definition) is 2. The van der Waals surface area contributed by atoms with E-state index < -0.39 is 5.54 Å². The third-order valence-corrected chi connectivity index (χ3v) is 2.89.